The van der Waals surface area contributed by atoms with Crippen LogP contribution in [0.3, 0.4) is 0 Å². The van der Waals surface area contributed by atoms with E-state index < -0.39 is 0 Å². The van der Waals surface area contributed by atoms with E-state index in [1.165, 1.54) is 18.3 Å². The zero-order valence-corrected chi connectivity index (χ0v) is 14.0. The third-order valence-corrected chi connectivity index (χ3v) is 4.42. The van der Waals surface area contributed by atoms with Crippen LogP contribution in [0.25, 0.3) is 0 Å². The number of aryl methyl sites for hydroxylation is 1. The summed E-state index contributed by atoms with van der Waals surface area (Å²) in [6.07, 6.45) is 4.14. The van der Waals surface area contributed by atoms with Gasteiger partial charge in [0.25, 0.3) is 5.91 Å². The SMILES string of the molecule is Cc1ccncc1C(=O)N[C@@H]1CC(=O)N(CCc2ccc(F)cc2)C1. The van der Waals surface area contributed by atoms with Gasteiger partial charge in [0.1, 0.15) is 5.82 Å². The van der Waals surface area contributed by atoms with E-state index in [-0.39, 0.29) is 23.7 Å². The molecule has 2 aromatic rings. The van der Waals surface area contributed by atoms with Crippen LogP contribution in [0.4, 0.5) is 4.39 Å². The smallest absolute Gasteiger partial charge is 0.253 e. The normalized spacial score (nSPS) is 17.0. The van der Waals surface area contributed by atoms with E-state index in [1.54, 1.807) is 29.3 Å². The zero-order valence-electron chi connectivity index (χ0n) is 14.0. The number of rotatable bonds is 5. The largest absolute Gasteiger partial charge is 0.347 e. The lowest BCUT2D eigenvalue weighted by atomic mass is 10.1. The molecule has 25 heavy (non-hydrogen) atoms. The lowest BCUT2D eigenvalue weighted by molar-refractivity contribution is -0.127. The van der Waals surface area contributed by atoms with Gasteiger partial charge in [-0.3, -0.25) is 14.6 Å². The standard InChI is InChI=1S/C19H20FN3O2/c1-13-6-8-21-11-17(13)19(25)22-16-10-18(24)23(12-16)9-7-14-2-4-15(20)5-3-14/h2-6,8,11,16H,7,9-10,12H2,1H3,(H,22,25)/t16-/m1/s1. The molecule has 1 atom stereocenters. The molecule has 0 radical (unpaired) electrons. The van der Waals surface area contributed by atoms with Gasteiger partial charge in [-0.1, -0.05) is 12.1 Å². The molecule has 1 fully saturated rings. The van der Waals surface area contributed by atoms with Gasteiger partial charge in [0.05, 0.1) is 11.6 Å². The summed E-state index contributed by atoms with van der Waals surface area (Å²) in [4.78, 5) is 30.2. The van der Waals surface area contributed by atoms with E-state index >= 15 is 0 Å². The minimum Gasteiger partial charge on any atom is -0.347 e. The van der Waals surface area contributed by atoms with E-state index in [4.69, 9.17) is 0 Å². The highest BCUT2D eigenvalue weighted by atomic mass is 19.1. The molecule has 0 unspecified atom stereocenters. The Morgan fingerprint density at radius 3 is 2.80 bits per heavy atom. The average Bonchev–Trinajstić information content (AvgIpc) is 2.94. The maximum absolute atomic E-state index is 12.9. The predicted molar refractivity (Wildman–Crippen MR) is 91.5 cm³/mol. The van der Waals surface area contributed by atoms with Crippen molar-refractivity contribution < 1.29 is 14.0 Å². The highest BCUT2D eigenvalue weighted by molar-refractivity contribution is 5.96. The van der Waals surface area contributed by atoms with Crippen LogP contribution in [0.1, 0.15) is 27.9 Å². The molecule has 130 valence electrons. The van der Waals surface area contributed by atoms with Crippen molar-refractivity contribution in [2.24, 2.45) is 0 Å². The third-order valence-electron chi connectivity index (χ3n) is 4.42. The summed E-state index contributed by atoms with van der Waals surface area (Å²) in [5, 5.41) is 2.91. The van der Waals surface area contributed by atoms with Crippen molar-refractivity contribution in [2.45, 2.75) is 25.8 Å². The Balaban J connectivity index is 1.54. The summed E-state index contributed by atoms with van der Waals surface area (Å²) in [6, 6.07) is 7.86. The number of benzene rings is 1. The molecule has 1 N–H and O–H groups in total. The van der Waals surface area contributed by atoms with Crippen LogP contribution in [0.2, 0.25) is 0 Å². The van der Waals surface area contributed by atoms with Crippen LogP contribution in [-0.4, -0.2) is 40.8 Å². The topological polar surface area (TPSA) is 62.3 Å². The Labute approximate surface area is 145 Å². The van der Waals surface area contributed by atoms with Crippen LogP contribution < -0.4 is 5.32 Å². The minimum absolute atomic E-state index is 0.0234. The summed E-state index contributed by atoms with van der Waals surface area (Å²) in [5.41, 5.74) is 2.36. The fourth-order valence-corrected chi connectivity index (χ4v) is 2.96. The van der Waals surface area contributed by atoms with E-state index in [0.717, 1.165) is 11.1 Å². The van der Waals surface area contributed by atoms with Crippen molar-refractivity contribution in [3.63, 3.8) is 0 Å². The molecule has 1 aromatic heterocycles. The first kappa shape index (κ1) is 17.1. The number of hydrogen-bond donors (Lipinski definition) is 1. The number of carbonyl (C=O) groups excluding carboxylic acids is 2. The van der Waals surface area contributed by atoms with Crippen molar-refractivity contribution in [1.82, 2.24) is 15.2 Å². The molecule has 1 aliphatic rings. The first-order valence-corrected chi connectivity index (χ1v) is 8.26. The van der Waals surface area contributed by atoms with E-state index in [2.05, 4.69) is 10.3 Å². The van der Waals surface area contributed by atoms with Gasteiger partial charge in [-0.2, -0.15) is 0 Å². The first-order chi connectivity index (χ1) is 12.0. The van der Waals surface area contributed by atoms with Gasteiger partial charge in [-0.25, -0.2) is 4.39 Å². The van der Waals surface area contributed by atoms with Gasteiger partial charge in [-0.05, 0) is 42.7 Å². The first-order valence-electron chi connectivity index (χ1n) is 8.26. The average molecular weight is 341 g/mol. The molecule has 0 aliphatic carbocycles. The van der Waals surface area contributed by atoms with Crippen LogP contribution in [0, 0.1) is 12.7 Å². The molecular formula is C19H20FN3O2. The summed E-state index contributed by atoms with van der Waals surface area (Å²) in [7, 11) is 0. The second kappa shape index (κ2) is 7.42. The van der Waals surface area contributed by atoms with Crippen LogP contribution in [0.15, 0.2) is 42.7 Å². The molecule has 2 heterocycles. The molecule has 2 amide bonds. The third kappa shape index (κ3) is 4.21. The van der Waals surface area contributed by atoms with E-state index in [1.807, 2.05) is 6.92 Å². The van der Waals surface area contributed by atoms with Crippen LogP contribution in [-0.2, 0) is 11.2 Å². The molecule has 0 saturated carbocycles. The molecule has 5 nitrogen and oxygen atoms in total. The Morgan fingerprint density at radius 1 is 1.32 bits per heavy atom. The Bertz CT molecular complexity index is 776. The van der Waals surface area contributed by atoms with E-state index in [9.17, 15) is 14.0 Å². The summed E-state index contributed by atoms with van der Waals surface area (Å²) < 4.78 is 12.9. The molecule has 1 aliphatic heterocycles. The number of aromatic nitrogens is 1. The van der Waals surface area contributed by atoms with Crippen LogP contribution in [0.5, 0.6) is 0 Å². The quantitative estimate of drug-likeness (QED) is 0.906. The predicted octanol–water partition coefficient (Wildman–Crippen LogP) is 2.10. The van der Waals surface area contributed by atoms with Crippen LogP contribution >= 0.6 is 0 Å². The monoisotopic (exact) mass is 341 g/mol. The molecule has 6 heteroatoms. The van der Waals surface area contributed by atoms with Gasteiger partial charge in [0.15, 0.2) is 0 Å². The zero-order chi connectivity index (χ0) is 17.8. The molecule has 3 rings (SSSR count). The number of pyridine rings is 1. The van der Waals surface area contributed by atoms with E-state index in [0.29, 0.717) is 31.5 Å². The molecular weight excluding hydrogens is 321 g/mol. The molecule has 1 aromatic carbocycles. The number of nitrogens with one attached hydrogen (secondary N) is 1. The lowest BCUT2D eigenvalue weighted by Gasteiger charge is -2.17. The highest BCUT2D eigenvalue weighted by Crippen LogP contribution is 2.14. The van der Waals surface area contributed by atoms with Gasteiger partial charge in [-0.15, -0.1) is 0 Å². The van der Waals surface area contributed by atoms with Crippen molar-refractivity contribution in [1.29, 1.82) is 0 Å². The summed E-state index contributed by atoms with van der Waals surface area (Å²) >= 11 is 0. The lowest BCUT2D eigenvalue weighted by Crippen LogP contribution is -2.37. The maximum Gasteiger partial charge on any atom is 0.253 e. The maximum atomic E-state index is 12.9. The second-order valence-corrected chi connectivity index (χ2v) is 6.28. The number of nitrogens with zero attached hydrogens (tertiary/aromatic N) is 2. The fraction of sp³-hybridized carbons (Fsp3) is 0.316. The summed E-state index contributed by atoms with van der Waals surface area (Å²) in [5.74, 6) is -0.450. The Kier molecular flexibility index (Phi) is 5.07. The number of likely N-dealkylation sites (tertiary alicyclic amines) is 1. The van der Waals surface area contributed by atoms with Crippen molar-refractivity contribution in [2.75, 3.05) is 13.1 Å². The van der Waals surface area contributed by atoms with Crippen molar-refractivity contribution >= 4 is 11.8 Å². The second-order valence-electron chi connectivity index (χ2n) is 6.28. The Morgan fingerprint density at radius 2 is 2.08 bits per heavy atom. The van der Waals surface area contributed by atoms with Gasteiger partial charge >= 0.3 is 0 Å². The minimum atomic E-state index is -0.269. The highest BCUT2D eigenvalue weighted by Gasteiger charge is 2.30. The molecule has 0 spiro atoms. The number of carbonyl (C=O) groups is 2. The van der Waals surface area contributed by atoms with Crippen molar-refractivity contribution in [3.8, 4) is 0 Å². The summed E-state index contributed by atoms with van der Waals surface area (Å²) in [6.45, 7) is 2.90. The fourth-order valence-electron chi connectivity index (χ4n) is 2.96. The van der Waals surface area contributed by atoms with Crippen molar-refractivity contribution in [3.05, 3.63) is 65.2 Å². The molecule has 0 bridgehead atoms. The number of hydrogen-bond acceptors (Lipinski definition) is 3. The number of amides is 2. The number of halogens is 1. The van der Waals surface area contributed by atoms with Gasteiger partial charge in [0.2, 0.25) is 5.91 Å². The molecule has 1 saturated heterocycles. The van der Waals surface area contributed by atoms with Gasteiger partial charge < -0.3 is 10.2 Å². The van der Waals surface area contributed by atoms with Gasteiger partial charge in [0, 0.05) is 31.9 Å². The Hall–Kier alpha value is -2.76.